The van der Waals surface area contributed by atoms with Gasteiger partial charge in [-0.1, -0.05) is 30.1 Å². The van der Waals surface area contributed by atoms with Gasteiger partial charge in [-0.25, -0.2) is 4.98 Å². The maximum Gasteiger partial charge on any atom is 0.224 e. The third kappa shape index (κ3) is 3.34. The van der Waals surface area contributed by atoms with Crippen molar-refractivity contribution in [3.8, 4) is 11.6 Å². The zero-order chi connectivity index (χ0) is 13.1. The number of nitrogens with zero attached hydrogens (tertiary/aromatic N) is 2. The summed E-state index contributed by atoms with van der Waals surface area (Å²) in [5, 5.41) is 0.992. The van der Waals surface area contributed by atoms with Crippen LogP contribution in [-0.2, 0) is 6.42 Å². The van der Waals surface area contributed by atoms with Crippen LogP contribution in [0.4, 0.5) is 0 Å². The Kier molecular flexibility index (Phi) is 4.43. The smallest absolute Gasteiger partial charge is 0.224 e. The Morgan fingerprint density at radius 3 is 2.67 bits per heavy atom. The van der Waals surface area contributed by atoms with Crippen LogP contribution in [0.15, 0.2) is 28.7 Å². The van der Waals surface area contributed by atoms with E-state index in [9.17, 15) is 0 Å². The summed E-state index contributed by atoms with van der Waals surface area (Å²) in [6.07, 6.45) is 0.693. The molecule has 94 valence electrons. The Morgan fingerprint density at radius 1 is 1.22 bits per heavy atom. The molecule has 18 heavy (non-hydrogen) atoms. The van der Waals surface area contributed by atoms with Crippen LogP contribution in [0.3, 0.4) is 0 Å². The number of hydrogen-bond donors (Lipinski definition) is 0. The van der Waals surface area contributed by atoms with Crippen molar-refractivity contribution in [1.82, 2.24) is 9.97 Å². The van der Waals surface area contributed by atoms with Crippen LogP contribution in [-0.4, -0.2) is 9.97 Å². The molecule has 0 N–H and O–H groups in total. The number of aryl methyl sites for hydroxylation is 1. The third-order valence-electron chi connectivity index (χ3n) is 2.14. The fourth-order valence-electron chi connectivity index (χ4n) is 1.32. The van der Waals surface area contributed by atoms with E-state index in [0.717, 1.165) is 4.47 Å². The van der Waals surface area contributed by atoms with E-state index in [2.05, 4.69) is 25.9 Å². The van der Waals surface area contributed by atoms with Gasteiger partial charge in [-0.2, -0.15) is 4.98 Å². The summed E-state index contributed by atoms with van der Waals surface area (Å²) in [5.41, 5.74) is 0. The molecule has 0 aliphatic carbocycles. The lowest BCUT2D eigenvalue weighted by molar-refractivity contribution is 0.456. The first kappa shape index (κ1) is 13.6. The summed E-state index contributed by atoms with van der Waals surface area (Å²) >= 11 is 15.1. The van der Waals surface area contributed by atoms with E-state index in [1.165, 1.54) is 0 Å². The second-order valence-electron chi connectivity index (χ2n) is 3.48. The van der Waals surface area contributed by atoms with Crippen molar-refractivity contribution < 1.29 is 4.74 Å². The van der Waals surface area contributed by atoms with E-state index >= 15 is 0 Å². The second-order valence-corrected chi connectivity index (χ2v) is 5.15. The molecule has 2 rings (SSSR count). The molecule has 0 aliphatic rings. The van der Waals surface area contributed by atoms with E-state index in [4.69, 9.17) is 27.9 Å². The van der Waals surface area contributed by atoms with Crippen LogP contribution >= 0.6 is 39.1 Å². The molecule has 0 saturated carbocycles. The minimum atomic E-state index is 0.363. The quantitative estimate of drug-likeness (QED) is 0.740. The molecule has 2 aromatic rings. The van der Waals surface area contributed by atoms with E-state index < -0.39 is 0 Å². The average molecular weight is 348 g/mol. The highest BCUT2D eigenvalue weighted by Gasteiger charge is 2.07. The van der Waals surface area contributed by atoms with Gasteiger partial charge in [0, 0.05) is 17.5 Å². The van der Waals surface area contributed by atoms with Crippen molar-refractivity contribution in [2.24, 2.45) is 0 Å². The normalized spacial score (nSPS) is 10.4. The molecule has 1 aromatic heterocycles. The van der Waals surface area contributed by atoms with Gasteiger partial charge in [-0.05, 0) is 34.1 Å². The maximum atomic E-state index is 5.90. The number of hydrogen-bond acceptors (Lipinski definition) is 3. The molecule has 1 heterocycles. The standard InChI is InChI=1S/C12H9BrCl2N2O/c1-2-11-16-10(15)6-12(17-11)18-9-4-3-7(14)5-8(9)13/h3-6H,2H2,1H3. The molecule has 0 spiro atoms. The van der Waals surface area contributed by atoms with E-state index in [-0.39, 0.29) is 0 Å². The van der Waals surface area contributed by atoms with Crippen LogP contribution in [0.1, 0.15) is 12.7 Å². The van der Waals surface area contributed by atoms with E-state index in [1.54, 1.807) is 24.3 Å². The molecule has 1 aromatic carbocycles. The number of aromatic nitrogens is 2. The summed E-state index contributed by atoms with van der Waals surface area (Å²) in [7, 11) is 0. The minimum absolute atomic E-state index is 0.363. The fraction of sp³-hybridized carbons (Fsp3) is 0.167. The van der Waals surface area contributed by atoms with Crippen LogP contribution in [0.2, 0.25) is 10.2 Å². The molecule has 0 unspecified atom stereocenters. The van der Waals surface area contributed by atoms with Crippen molar-refractivity contribution in [2.45, 2.75) is 13.3 Å². The van der Waals surface area contributed by atoms with Crippen LogP contribution in [0.5, 0.6) is 11.6 Å². The second kappa shape index (κ2) is 5.87. The predicted molar refractivity (Wildman–Crippen MR) is 75.6 cm³/mol. The first-order valence-corrected chi connectivity index (χ1v) is 6.79. The Labute approximate surface area is 123 Å². The molecule has 0 saturated heterocycles. The van der Waals surface area contributed by atoms with Gasteiger partial charge in [-0.15, -0.1) is 0 Å². The highest BCUT2D eigenvalue weighted by molar-refractivity contribution is 9.10. The number of rotatable bonds is 3. The zero-order valence-corrected chi connectivity index (χ0v) is 12.6. The molecule has 0 bridgehead atoms. The highest BCUT2D eigenvalue weighted by Crippen LogP contribution is 2.31. The van der Waals surface area contributed by atoms with Crippen LogP contribution in [0, 0.1) is 0 Å². The first-order chi connectivity index (χ1) is 8.58. The lowest BCUT2D eigenvalue weighted by Gasteiger charge is -2.08. The topological polar surface area (TPSA) is 35.0 Å². The Morgan fingerprint density at radius 2 is 2.00 bits per heavy atom. The molecule has 0 fully saturated rings. The average Bonchev–Trinajstić information content (AvgIpc) is 2.32. The first-order valence-electron chi connectivity index (χ1n) is 5.25. The number of benzene rings is 1. The Hall–Kier alpha value is -0.840. The summed E-state index contributed by atoms with van der Waals surface area (Å²) in [4.78, 5) is 8.31. The predicted octanol–water partition coefficient (Wildman–Crippen LogP) is 4.90. The van der Waals surface area contributed by atoms with Crippen LogP contribution < -0.4 is 4.74 Å². The van der Waals surface area contributed by atoms with Gasteiger partial charge >= 0.3 is 0 Å². The van der Waals surface area contributed by atoms with Gasteiger partial charge in [0.2, 0.25) is 5.88 Å². The number of halogens is 3. The summed E-state index contributed by atoms with van der Waals surface area (Å²) in [6.45, 7) is 1.95. The molecule has 6 heteroatoms. The molecule has 0 aliphatic heterocycles. The Bertz CT molecular complexity index is 578. The SMILES string of the molecule is CCc1nc(Cl)cc(Oc2ccc(Cl)cc2Br)n1. The number of ether oxygens (including phenoxy) is 1. The van der Waals surface area contributed by atoms with Crippen molar-refractivity contribution in [1.29, 1.82) is 0 Å². The van der Waals surface area contributed by atoms with Gasteiger partial charge in [0.05, 0.1) is 4.47 Å². The van der Waals surface area contributed by atoms with Crippen molar-refractivity contribution in [3.05, 3.63) is 44.7 Å². The monoisotopic (exact) mass is 346 g/mol. The maximum absolute atomic E-state index is 5.90. The lowest BCUT2D eigenvalue weighted by Crippen LogP contribution is -1.96. The van der Waals surface area contributed by atoms with Crippen molar-refractivity contribution in [3.63, 3.8) is 0 Å². The summed E-state index contributed by atoms with van der Waals surface area (Å²) < 4.78 is 6.40. The third-order valence-corrected chi connectivity index (χ3v) is 3.19. The summed E-state index contributed by atoms with van der Waals surface area (Å²) in [6, 6.07) is 6.82. The molecule has 0 amide bonds. The summed E-state index contributed by atoms with van der Waals surface area (Å²) in [5.74, 6) is 1.67. The van der Waals surface area contributed by atoms with Crippen molar-refractivity contribution in [2.75, 3.05) is 0 Å². The van der Waals surface area contributed by atoms with Gasteiger partial charge in [-0.3, -0.25) is 0 Å². The largest absolute Gasteiger partial charge is 0.438 e. The molecule has 0 atom stereocenters. The molecule has 3 nitrogen and oxygen atoms in total. The van der Waals surface area contributed by atoms with Gasteiger partial charge in [0.1, 0.15) is 16.7 Å². The highest BCUT2D eigenvalue weighted by atomic mass is 79.9. The van der Waals surface area contributed by atoms with Crippen molar-refractivity contribution >= 4 is 39.1 Å². The zero-order valence-electron chi connectivity index (χ0n) is 9.45. The Balaban J connectivity index is 2.30. The van der Waals surface area contributed by atoms with Gasteiger partial charge < -0.3 is 4.74 Å². The van der Waals surface area contributed by atoms with E-state index in [0.29, 0.717) is 34.1 Å². The lowest BCUT2D eigenvalue weighted by atomic mass is 10.3. The minimum Gasteiger partial charge on any atom is -0.438 e. The fourth-order valence-corrected chi connectivity index (χ4v) is 2.28. The molecular weight excluding hydrogens is 339 g/mol. The molecular formula is C12H9BrCl2N2O. The van der Waals surface area contributed by atoms with Gasteiger partial charge in [0.25, 0.3) is 0 Å². The van der Waals surface area contributed by atoms with Gasteiger partial charge in [0.15, 0.2) is 0 Å². The molecule has 0 radical (unpaired) electrons. The van der Waals surface area contributed by atoms with E-state index in [1.807, 2.05) is 6.92 Å². The van der Waals surface area contributed by atoms with Crippen LogP contribution in [0.25, 0.3) is 0 Å².